The number of nitrogens with zero attached hydrogens (tertiary/aromatic N) is 2. The summed E-state index contributed by atoms with van der Waals surface area (Å²) in [7, 11) is 0. The molecule has 0 aliphatic rings. The molecule has 0 atom stereocenters. The van der Waals surface area contributed by atoms with Gasteiger partial charge in [0, 0.05) is 19.3 Å². The summed E-state index contributed by atoms with van der Waals surface area (Å²) in [6, 6.07) is 4.12. The van der Waals surface area contributed by atoms with Gasteiger partial charge in [-0.25, -0.2) is 0 Å². The second-order valence-electron chi connectivity index (χ2n) is 3.16. The summed E-state index contributed by atoms with van der Waals surface area (Å²) in [5, 5.41) is 8.60. The zero-order valence-corrected chi connectivity index (χ0v) is 8.70. The molecule has 4 heteroatoms. The lowest BCUT2D eigenvalue weighted by molar-refractivity contribution is 0.606. The molecule has 0 aliphatic carbocycles. The van der Waals surface area contributed by atoms with Crippen molar-refractivity contribution in [2.75, 3.05) is 0 Å². The second-order valence-corrected chi connectivity index (χ2v) is 3.94. The fourth-order valence-electron chi connectivity index (χ4n) is 1.32. The number of hydrogen-bond acceptors (Lipinski definition) is 3. The zero-order valence-electron chi connectivity index (χ0n) is 7.89. The minimum Gasteiger partial charge on any atom is -0.325 e. The summed E-state index contributed by atoms with van der Waals surface area (Å²) < 4.78 is 1.94. The molecule has 0 aliphatic heterocycles. The molecule has 0 bridgehead atoms. The topological polar surface area (TPSA) is 43.8 Å². The highest BCUT2D eigenvalue weighted by Crippen LogP contribution is 2.07. The Balaban J connectivity index is 1.92. The van der Waals surface area contributed by atoms with E-state index in [0.717, 1.165) is 18.7 Å². The number of hydrogen-bond donors (Lipinski definition) is 1. The third-order valence-electron chi connectivity index (χ3n) is 2.11. The highest BCUT2D eigenvalue weighted by atomic mass is 32.1. The van der Waals surface area contributed by atoms with Gasteiger partial charge >= 0.3 is 0 Å². The first kappa shape index (κ1) is 9.43. The van der Waals surface area contributed by atoms with Crippen LogP contribution >= 0.6 is 11.3 Å². The van der Waals surface area contributed by atoms with Crippen molar-refractivity contribution < 1.29 is 0 Å². The van der Waals surface area contributed by atoms with Crippen LogP contribution in [0.3, 0.4) is 0 Å². The Bertz CT molecular complexity index is 378. The van der Waals surface area contributed by atoms with Crippen LogP contribution < -0.4 is 5.73 Å². The van der Waals surface area contributed by atoms with Crippen molar-refractivity contribution in [3.8, 4) is 0 Å². The molecule has 2 N–H and O–H groups in total. The maximum Gasteiger partial charge on any atom is 0.0760 e. The van der Waals surface area contributed by atoms with E-state index in [9.17, 15) is 0 Å². The van der Waals surface area contributed by atoms with Crippen LogP contribution in [-0.4, -0.2) is 9.78 Å². The summed E-state index contributed by atoms with van der Waals surface area (Å²) in [6.45, 7) is 1.45. The molecule has 0 radical (unpaired) electrons. The maximum absolute atomic E-state index is 5.48. The van der Waals surface area contributed by atoms with Gasteiger partial charge in [-0.15, -0.1) is 0 Å². The van der Waals surface area contributed by atoms with Gasteiger partial charge < -0.3 is 5.73 Å². The Hall–Kier alpha value is -1.13. The molecule has 0 amide bonds. The van der Waals surface area contributed by atoms with E-state index in [0.29, 0.717) is 6.54 Å². The molecule has 0 spiro atoms. The first-order valence-corrected chi connectivity index (χ1v) is 5.56. The summed E-state index contributed by atoms with van der Waals surface area (Å²) in [5.41, 5.74) is 7.81. The van der Waals surface area contributed by atoms with Crippen LogP contribution in [0.4, 0.5) is 0 Å². The molecule has 0 unspecified atom stereocenters. The van der Waals surface area contributed by atoms with E-state index in [-0.39, 0.29) is 0 Å². The van der Waals surface area contributed by atoms with Gasteiger partial charge in [-0.05, 0) is 34.9 Å². The molecule has 2 heterocycles. The Morgan fingerprint density at radius 2 is 2.36 bits per heavy atom. The van der Waals surface area contributed by atoms with E-state index in [4.69, 9.17) is 5.73 Å². The summed E-state index contributed by atoms with van der Waals surface area (Å²) in [4.78, 5) is 0. The smallest absolute Gasteiger partial charge is 0.0760 e. The highest BCUT2D eigenvalue weighted by molar-refractivity contribution is 7.07. The predicted octanol–water partition coefficient (Wildman–Crippen LogP) is 1.65. The lowest BCUT2D eigenvalue weighted by atomic mass is 10.2. The monoisotopic (exact) mass is 207 g/mol. The van der Waals surface area contributed by atoms with Crippen molar-refractivity contribution in [2.45, 2.75) is 19.5 Å². The van der Waals surface area contributed by atoms with Crippen LogP contribution in [0.5, 0.6) is 0 Å². The second kappa shape index (κ2) is 4.39. The quantitative estimate of drug-likeness (QED) is 0.828. The number of aryl methyl sites for hydroxylation is 2. The Morgan fingerprint density at radius 3 is 3.00 bits per heavy atom. The Morgan fingerprint density at radius 1 is 1.43 bits per heavy atom. The molecule has 0 saturated carbocycles. The summed E-state index contributed by atoms with van der Waals surface area (Å²) in [6.07, 6.45) is 3.02. The van der Waals surface area contributed by atoms with Crippen molar-refractivity contribution in [2.24, 2.45) is 5.73 Å². The first-order chi connectivity index (χ1) is 6.88. The fraction of sp³-hybridized carbons (Fsp3) is 0.300. The Kier molecular flexibility index (Phi) is 2.96. The standard InChI is InChI=1S/C10H13N3S/c11-7-10-2-5-13(12-10)4-1-9-3-6-14-8-9/h2-3,5-6,8H,1,4,7,11H2. The van der Waals surface area contributed by atoms with Crippen molar-refractivity contribution in [3.05, 3.63) is 40.3 Å². The van der Waals surface area contributed by atoms with Gasteiger partial charge in [-0.3, -0.25) is 4.68 Å². The molecular formula is C10H13N3S. The van der Waals surface area contributed by atoms with E-state index < -0.39 is 0 Å². The van der Waals surface area contributed by atoms with Crippen LogP contribution in [-0.2, 0) is 19.5 Å². The fourth-order valence-corrected chi connectivity index (χ4v) is 2.02. The van der Waals surface area contributed by atoms with E-state index in [2.05, 4.69) is 21.9 Å². The third kappa shape index (κ3) is 2.21. The molecule has 14 heavy (non-hydrogen) atoms. The maximum atomic E-state index is 5.48. The number of rotatable bonds is 4. The minimum absolute atomic E-state index is 0.519. The highest BCUT2D eigenvalue weighted by Gasteiger charge is 1.97. The van der Waals surface area contributed by atoms with Crippen molar-refractivity contribution in [1.82, 2.24) is 9.78 Å². The summed E-state index contributed by atoms with van der Waals surface area (Å²) >= 11 is 1.73. The molecule has 2 aromatic rings. The molecule has 74 valence electrons. The molecule has 0 saturated heterocycles. The van der Waals surface area contributed by atoms with Crippen molar-refractivity contribution in [3.63, 3.8) is 0 Å². The van der Waals surface area contributed by atoms with Crippen LogP contribution in [0.1, 0.15) is 11.3 Å². The van der Waals surface area contributed by atoms with Crippen LogP contribution in [0, 0.1) is 0 Å². The van der Waals surface area contributed by atoms with E-state index >= 15 is 0 Å². The van der Waals surface area contributed by atoms with Crippen molar-refractivity contribution in [1.29, 1.82) is 0 Å². The Labute approximate surface area is 87.2 Å². The number of aromatic nitrogens is 2. The largest absolute Gasteiger partial charge is 0.325 e. The molecule has 0 aromatic carbocycles. The average molecular weight is 207 g/mol. The first-order valence-electron chi connectivity index (χ1n) is 4.62. The van der Waals surface area contributed by atoms with Crippen LogP contribution in [0.15, 0.2) is 29.1 Å². The zero-order chi connectivity index (χ0) is 9.80. The third-order valence-corrected chi connectivity index (χ3v) is 2.85. The van der Waals surface area contributed by atoms with Gasteiger partial charge in [-0.2, -0.15) is 16.4 Å². The van der Waals surface area contributed by atoms with E-state index in [1.54, 1.807) is 11.3 Å². The average Bonchev–Trinajstić information content (AvgIpc) is 2.86. The van der Waals surface area contributed by atoms with Crippen LogP contribution in [0.25, 0.3) is 0 Å². The SMILES string of the molecule is NCc1ccn(CCc2ccsc2)n1. The van der Waals surface area contributed by atoms with Gasteiger partial charge in [0.25, 0.3) is 0 Å². The number of thiophene rings is 1. The lowest BCUT2D eigenvalue weighted by Gasteiger charge is -1.98. The van der Waals surface area contributed by atoms with E-state index in [1.165, 1.54) is 5.56 Å². The van der Waals surface area contributed by atoms with Gasteiger partial charge in [0.1, 0.15) is 0 Å². The number of nitrogens with two attached hydrogens (primary N) is 1. The van der Waals surface area contributed by atoms with Gasteiger partial charge in [0.15, 0.2) is 0 Å². The van der Waals surface area contributed by atoms with Gasteiger partial charge in [-0.1, -0.05) is 0 Å². The van der Waals surface area contributed by atoms with E-state index in [1.807, 2.05) is 16.9 Å². The van der Waals surface area contributed by atoms with Gasteiger partial charge in [0.05, 0.1) is 5.69 Å². The normalized spacial score (nSPS) is 10.6. The molecule has 2 aromatic heterocycles. The lowest BCUT2D eigenvalue weighted by Crippen LogP contribution is -2.04. The molecule has 3 nitrogen and oxygen atoms in total. The van der Waals surface area contributed by atoms with Crippen molar-refractivity contribution >= 4 is 11.3 Å². The predicted molar refractivity (Wildman–Crippen MR) is 58.1 cm³/mol. The molecule has 0 fully saturated rings. The summed E-state index contributed by atoms with van der Waals surface area (Å²) in [5.74, 6) is 0. The molecule has 2 rings (SSSR count). The minimum atomic E-state index is 0.519. The molecular weight excluding hydrogens is 194 g/mol. The van der Waals surface area contributed by atoms with Crippen LogP contribution in [0.2, 0.25) is 0 Å². The van der Waals surface area contributed by atoms with Gasteiger partial charge in [0.2, 0.25) is 0 Å².